The van der Waals surface area contributed by atoms with Crippen molar-refractivity contribution in [2.75, 3.05) is 6.61 Å². The van der Waals surface area contributed by atoms with Gasteiger partial charge in [-0.2, -0.15) is 0 Å². The summed E-state index contributed by atoms with van der Waals surface area (Å²) in [7, 11) is 0. The Morgan fingerprint density at radius 2 is 1.86 bits per heavy atom. The summed E-state index contributed by atoms with van der Waals surface area (Å²) in [4.78, 5) is 23.5. The minimum atomic E-state index is -0.866. The Balaban J connectivity index is 1.96. The molecule has 0 aliphatic carbocycles. The van der Waals surface area contributed by atoms with Crippen LogP contribution in [0.25, 0.3) is 0 Å². The summed E-state index contributed by atoms with van der Waals surface area (Å²) in [6.45, 7) is 1.76. The fourth-order valence-electron chi connectivity index (χ4n) is 2.02. The average Bonchev–Trinajstić information content (AvgIpc) is 2.51. The number of carbonyl (C=O) groups is 2. The van der Waals surface area contributed by atoms with Crippen LogP contribution < -0.4 is 15.8 Å². The maximum absolute atomic E-state index is 11.9. The summed E-state index contributed by atoms with van der Waals surface area (Å²) in [6.07, 6.45) is 0. The highest BCUT2D eigenvalue weighted by Crippen LogP contribution is 2.13. The number of primary amides is 1. The smallest absolute Gasteiger partial charge is 0.258 e. The summed E-state index contributed by atoms with van der Waals surface area (Å²) in [5, 5.41) is 2.58. The Bertz CT molecular complexity index is 656. The molecule has 0 aliphatic heterocycles. The zero-order valence-electron chi connectivity index (χ0n) is 12.3. The summed E-state index contributed by atoms with van der Waals surface area (Å²) >= 11 is 0. The van der Waals surface area contributed by atoms with Gasteiger partial charge in [-0.15, -0.1) is 0 Å². The fourth-order valence-corrected chi connectivity index (χ4v) is 2.02. The highest BCUT2D eigenvalue weighted by Gasteiger charge is 2.20. The number of nitrogens with two attached hydrogens (primary N) is 1. The van der Waals surface area contributed by atoms with Crippen molar-refractivity contribution in [3.8, 4) is 5.75 Å². The third-order valence-corrected chi connectivity index (χ3v) is 3.08. The zero-order chi connectivity index (χ0) is 15.9. The number of nitrogens with one attached hydrogen (secondary N) is 1. The first-order valence-electron chi connectivity index (χ1n) is 6.89. The molecule has 0 aliphatic rings. The fraction of sp³-hybridized carbons (Fsp3) is 0.176. The van der Waals surface area contributed by atoms with Crippen LogP contribution in [0.3, 0.4) is 0 Å². The van der Waals surface area contributed by atoms with Crippen molar-refractivity contribution >= 4 is 11.8 Å². The lowest BCUT2D eigenvalue weighted by molar-refractivity contribution is -0.128. The molecule has 0 saturated carbocycles. The quantitative estimate of drug-likeness (QED) is 0.852. The molecule has 0 unspecified atom stereocenters. The van der Waals surface area contributed by atoms with Gasteiger partial charge in [0.1, 0.15) is 11.8 Å². The van der Waals surface area contributed by atoms with Crippen LogP contribution in [0.1, 0.15) is 17.2 Å². The molecule has 1 atom stereocenters. The first-order chi connectivity index (χ1) is 10.6. The second-order valence-electron chi connectivity index (χ2n) is 4.92. The highest BCUT2D eigenvalue weighted by molar-refractivity contribution is 5.88. The van der Waals surface area contributed by atoms with Gasteiger partial charge in [-0.05, 0) is 30.2 Å². The lowest BCUT2D eigenvalue weighted by atomic mass is 10.1. The van der Waals surface area contributed by atoms with E-state index in [1.54, 1.807) is 30.3 Å². The molecule has 2 aromatic rings. The van der Waals surface area contributed by atoms with Gasteiger partial charge in [0.15, 0.2) is 6.61 Å². The standard InChI is InChI=1S/C17H18N2O3/c1-12-6-5-9-14(10-12)22-11-15(20)19-16(17(18)21)13-7-3-2-4-8-13/h2-10,16H,11H2,1H3,(H2,18,21)(H,19,20)/t16-/m0/s1. The Morgan fingerprint density at radius 3 is 2.50 bits per heavy atom. The van der Waals surface area contributed by atoms with Gasteiger partial charge in [0.2, 0.25) is 5.91 Å². The van der Waals surface area contributed by atoms with Crippen LogP contribution in [0, 0.1) is 6.92 Å². The van der Waals surface area contributed by atoms with Gasteiger partial charge in [-0.3, -0.25) is 9.59 Å². The van der Waals surface area contributed by atoms with E-state index in [1.807, 2.05) is 31.2 Å². The normalized spacial score (nSPS) is 11.5. The number of benzene rings is 2. The lowest BCUT2D eigenvalue weighted by Gasteiger charge is -2.16. The molecule has 5 heteroatoms. The molecule has 114 valence electrons. The van der Waals surface area contributed by atoms with E-state index >= 15 is 0 Å². The van der Waals surface area contributed by atoms with Crippen LogP contribution in [0.2, 0.25) is 0 Å². The molecule has 0 radical (unpaired) electrons. The predicted octanol–water partition coefficient (Wildman–Crippen LogP) is 1.72. The summed E-state index contributed by atoms with van der Waals surface area (Å²) in [5.41, 5.74) is 7.03. The number of aryl methyl sites for hydroxylation is 1. The molecule has 5 nitrogen and oxygen atoms in total. The maximum atomic E-state index is 11.9. The second kappa shape index (κ2) is 7.26. The molecule has 2 aromatic carbocycles. The van der Waals surface area contributed by atoms with Gasteiger partial charge in [0.25, 0.3) is 5.91 Å². The van der Waals surface area contributed by atoms with Crippen LogP contribution in [0.4, 0.5) is 0 Å². The van der Waals surface area contributed by atoms with Crippen LogP contribution in [0.15, 0.2) is 54.6 Å². The minimum Gasteiger partial charge on any atom is -0.484 e. The number of amides is 2. The van der Waals surface area contributed by atoms with Crippen molar-refractivity contribution in [1.29, 1.82) is 0 Å². The van der Waals surface area contributed by atoms with Crippen LogP contribution in [-0.2, 0) is 9.59 Å². The summed E-state index contributed by atoms with van der Waals surface area (Å²) in [6, 6.07) is 15.4. The first kappa shape index (κ1) is 15.6. The summed E-state index contributed by atoms with van der Waals surface area (Å²) in [5.74, 6) is -0.422. The van der Waals surface area contributed by atoms with Gasteiger partial charge in [-0.25, -0.2) is 0 Å². The Labute approximate surface area is 129 Å². The number of carbonyl (C=O) groups excluding carboxylic acids is 2. The lowest BCUT2D eigenvalue weighted by Crippen LogP contribution is -2.39. The minimum absolute atomic E-state index is 0.180. The molecule has 3 N–H and O–H groups in total. The first-order valence-corrected chi connectivity index (χ1v) is 6.89. The topological polar surface area (TPSA) is 81.4 Å². The van der Waals surface area contributed by atoms with Crippen molar-refractivity contribution in [2.45, 2.75) is 13.0 Å². The molecular formula is C17H18N2O3. The molecule has 0 spiro atoms. The number of rotatable bonds is 6. The third-order valence-electron chi connectivity index (χ3n) is 3.08. The van der Waals surface area contributed by atoms with E-state index in [2.05, 4.69) is 5.32 Å². The summed E-state index contributed by atoms with van der Waals surface area (Å²) < 4.78 is 5.40. The number of ether oxygens (including phenoxy) is 1. The Kier molecular flexibility index (Phi) is 5.14. The monoisotopic (exact) mass is 298 g/mol. The van der Waals surface area contributed by atoms with E-state index in [9.17, 15) is 9.59 Å². The zero-order valence-corrected chi connectivity index (χ0v) is 12.3. The van der Waals surface area contributed by atoms with Gasteiger partial charge in [0, 0.05) is 0 Å². The number of hydrogen-bond donors (Lipinski definition) is 2. The molecule has 0 fully saturated rings. The molecule has 0 bridgehead atoms. The average molecular weight is 298 g/mol. The van der Waals surface area contributed by atoms with Crippen LogP contribution in [-0.4, -0.2) is 18.4 Å². The van der Waals surface area contributed by atoms with Gasteiger partial charge < -0.3 is 15.8 Å². The van der Waals surface area contributed by atoms with Gasteiger partial charge >= 0.3 is 0 Å². The van der Waals surface area contributed by atoms with E-state index in [-0.39, 0.29) is 6.61 Å². The van der Waals surface area contributed by atoms with Crippen LogP contribution >= 0.6 is 0 Å². The Morgan fingerprint density at radius 1 is 1.14 bits per heavy atom. The maximum Gasteiger partial charge on any atom is 0.258 e. The molecule has 0 aromatic heterocycles. The van der Waals surface area contributed by atoms with E-state index in [0.717, 1.165) is 5.56 Å². The van der Waals surface area contributed by atoms with Crippen molar-refractivity contribution in [2.24, 2.45) is 5.73 Å². The Hall–Kier alpha value is -2.82. The third kappa shape index (κ3) is 4.34. The van der Waals surface area contributed by atoms with Crippen LogP contribution in [0.5, 0.6) is 5.75 Å². The van der Waals surface area contributed by atoms with Gasteiger partial charge in [0.05, 0.1) is 0 Å². The molecule has 2 rings (SSSR count). The molecule has 0 heterocycles. The van der Waals surface area contributed by atoms with E-state index in [0.29, 0.717) is 11.3 Å². The predicted molar refractivity (Wildman–Crippen MR) is 83.2 cm³/mol. The van der Waals surface area contributed by atoms with Crippen molar-refractivity contribution in [3.05, 3.63) is 65.7 Å². The van der Waals surface area contributed by atoms with E-state index in [4.69, 9.17) is 10.5 Å². The number of hydrogen-bond acceptors (Lipinski definition) is 3. The SMILES string of the molecule is Cc1cccc(OCC(=O)N[C@H](C(N)=O)c2ccccc2)c1. The highest BCUT2D eigenvalue weighted by atomic mass is 16.5. The van der Waals surface area contributed by atoms with E-state index < -0.39 is 17.9 Å². The molecular weight excluding hydrogens is 280 g/mol. The molecule has 2 amide bonds. The van der Waals surface area contributed by atoms with E-state index in [1.165, 1.54) is 0 Å². The van der Waals surface area contributed by atoms with Crippen molar-refractivity contribution < 1.29 is 14.3 Å². The molecule has 22 heavy (non-hydrogen) atoms. The van der Waals surface area contributed by atoms with Crippen molar-refractivity contribution in [3.63, 3.8) is 0 Å². The van der Waals surface area contributed by atoms with Gasteiger partial charge in [-0.1, -0.05) is 42.5 Å². The largest absolute Gasteiger partial charge is 0.484 e. The molecule has 0 saturated heterocycles. The van der Waals surface area contributed by atoms with Crippen molar-refractivity contribution in [1.82, 2.24) is 5.32 Å². The second-order valence-corrected chi connectivity index (χ2v) is 4.92.